The second-order valence-corrected chi connectivity index (χ2v) is 7.70. The van der Waals surface area contributed by atoms with Gasteiger partial charge in [0, 0.05) is 25.3 Å². The van der Waals surface area contributed by atoms with Crippen molar-refractivity contribution in [2.45, 2.75) is 31.7 Å². The highest BCUT2D eigenvalue weighted by Gasteiger charge is 2.40. The number of carbonyl (C=O) groups is 2. The van der Waals surface area contributed by atoms with Crippen molar-refractivity contribution >= 4 is 17.5 Å². The van der Waals surface area contributed by atoms with E-state index < -0.39 is 5.41 Å². The van der Waals surface area contributed by atoms with E-state index in [1.165, 1.54) is 5.56 Å². The van der Waals surface area contributed by atoms with E-state index in [0.29, 0.717) is 19.6 Å². The topological polar surface area (TPSA) is 61.4 Å². The van der Waals surface area contributed by atoms with Gasteiger partial charge in [-0.15, -0.1) is 0 Å². The average Bonchev–Trinajstić information content (AvgIpc) is 3.01. The van der Waals surface area contributed by atoms with Gasteiger partial charge in [-0.1, -0.05) is 36.4 Å². The van der Waals surface area contributed by atoms with Gasteiger partial charge in [0.2, 0.25) is 11.8 Å². The lowest BCUT2D eigenvalue weighted by molar-refractivity contribution is -0.124. The smallest absolute Gasteiger partial charge is 0.234 e. The number of nitrogens with zero attached hydrogens (tertiary/aromatic N) is 1. The van der Waals surface area contributed by atoms with Crippen LogP contribution in [0.25, 0.3) is 0 Å². The first kappa shape index (κ1) is 17.7. The summed E-state index contributed by atoms with van der Waals surface area (Å²) in [5.41, 5.74) is 3.83. The molecule has 1 atom stereocenters. The number of amides is 2. The number of nitrogens with one attached hydrogen (secondary N) is 2. The second-order valence-electron chi connectivity index (χ2n) is 7.70. The van der Waals surface area contributed by atoms with Crippen LogP contribution in [0.4, 0.5) is 5.69 Å². The van der Waals surface area contributed by atoms with E-state index in [4.69, 9.17) is 0 Å². The minimum absolute atomic E-state index is 0.0435. The Bertz CT molecular complexity index is 879. The minimum Gasteiger partial charge on any atom is -0.354 e. The van der Waals surface area contributed by atoms with Crippen molar-refractivity contribution in [2.24, 2.45) is 0 Å². The predicted octanol–water partition coefficient (Wildman–Crippen LogP) is 2.46. The van der Waals surface area contributed by atoms with Crippen LogP contribution in [-0.2, 0) is 28.0 Å². The van der Waals surface area contributed by atoms with E-state index in [2.05, 4.69) is 27.7 Å². The number of hydrogen-bond donors (Lipinski definition) is 2. The molecule has 1 heterocycles. The summed E-state index contributed by atoms with van der Waals surface area (Å²) in [6.45, 7) is 4.69. The molecule has 2 aromatic carbocycles. The van der Waals surface area contributed by atoms with Gasteiger partial charge in [0.1, 0.15) is 0 Å². The Morgan fingerprint density at radius 1 is 1.22 bits per heavy atom. The Hall–Kier alpha value is -2.66. The Kier molecular flexibility index (Phi) is 4.70. The third-order valence-corrected chi connectivity index (χ3v) is 5.72. The van der Waals surface area contributed by atoms with Crippen LogP contribution in [0.3, 0.4) is 0 Å². The van der Waals surface area contributed by atoms with Crippen LogP contribution in [0.2, 0.25) is 0 Å². The maximum Gasteiger partial charge on any atom is 0.234 e. The second kappa shape index (κ2) is 7.16. The molecule has 2 N–H and O–H groups in total. The van der Waals surface area contributed by atoms with Gasteiger partial charge >= 0.3 is 0 Å². The standard InChI is InChI=1S/C22H25N3O2/c1-22(10-9-17-6-2-3-8-19(17)22)21(27)24-18-7-4-5-16(13-18)14-25-12-11-23-20(26)15-25/h2-8,13H,9-12,14-15H2,1H3,(H,23,26)(H,24,27)/t22-/m1/s1. The summed E-state index contributed by atoms with van der Waals surface area (Å²) in [6, 6.07) is 16.2. The molecule has 0 bridgehead atoms. The molecular weight excluding hydrogens is 338 g/mol. The molecular formula is C22H25N3O2. The molecule has 140 valence electrons. The van der Waals surface area contributed by atoms with Crippen molar-refractivity contribution in [1.82, 2.24) is 10.2 Å². The van der Waals surface area contributed by atoms with Crippen LogP contribution < -0.4 is 10.6 Å². The number of piperazine rings is 1. The van der Waals surface area contributed by atoms with E-state index in [-0.39, 0.29) is 11.8 Å². The first-order valence-electron chi connectivity index (χ1n) is 9.52. The number of rotatable bonds is 4. The highest BCUT2D eigenvalue weighted by Crippen LogP contribution is 2.39. The highest BCUT2D eigenvalue weighted by atomic mass is 16.2. The fourth-order valence-electron chi connectivity index (χ4n) is 4.13. The van der Waals surface area contributed by atoms with Gasteiger partial charge in [0.25, 0.3) is 0 Å². The minimum atomic E-state index is -0.489. The molecule has 2 aliphatic rings. The summed E-state index contributed by atoms with van der Waals surface area (Å²) in [5, 5.41) is 5.96. The van der Waals surface area contributed by atoms with Crippen LogP contribution in [0.15, 0.2) is 48.5 Å². The van der Waals surface area contributed by atoms with Crippen LogP contribution in [-0.4, -0.2) is 36.3 Å². The van der Waals surface area contributed by atoms with E-state index >= 15 is 0 Å². The van der Waals surface area contributed by atoms with Gasteiger partial charge in [-0.2, -0.15) is 0 Å². The zero-order valence-electron chi connectivity index (χ0n) is 15.6. The molecule has 5 nitrogen and oxygen atoms in total. The molecule has 1 aliphatic heterocycles. The number of carbonyl (C=O) groups excluding carboxylic acids is 2. The summed E-state index contributed by atoms with van der Waals surface area (Å²) >= 11 is 0. The quantitative estimate of drug-likeness (QED) is 0.877. The van der Waals surface area contributed by atoms with Gasteiger partial charge in [-0.3, -0.25) is 14.5 Å². The lowest BCUT2D eigenvalue weighted by Crippen LogP contribution is -2.47. The predicted molar refractivity (Wildman–Crippen MR) is 105 cm³/mol. The largest absolute Gasteiger partial charge is 0.354 e. The van der Waals surface area contributed by atoms with Gasteiger partial charge in [-0.25, -0.2) is 0 Å². The van der Waals surface area contributed by atoms with Gasteiger partial charge in [0.15, 0.2) is 0 Å². The third-order valence-electron chi connectivity index (χ3n) is 5.72. The molecule has 27 heavy (non-hydrogen) atoms. The third kappa shape index (κ3) is 3.60. The fourth-order valence-corrected chi connectivity index (χ4v) is 4.13. The van der Waals surface area contributed by atoms with Crippen molar-refractivity contribution in [3.05, 3.63) is 65.2 Å². The van der Waals surface area contributed by atoms with Crippen molar-refractivity contribution < 1.29 is 9.59 Å². The molecule has 1 aliphatic carbocycles. The van der Waals surface area contributed by atoms with E-state index in [0.717, 1.165) is 36.2 Å². The Morgan fingerprint density at radius 3 is 2.93 bits per heavy atom. The lowest BCUT2D eigenvalue weighted by Gasteiger charge is -2.27. The maximum atomic E-state index is 13.1. The first-order valence-corrected chi connectivity index (χ1v) is 9.52. The van der Waals surface area contributed by atoms with Gasteiger partial charge in [0.05, 0.1) is 12.0 Å². The van der Waals surface area contributed by atoms with Crippen molar-refractivity contribution in [3.8, 4) is 0 Å². The monoisotopic (exact) mass is 363 g/mol. The summed E-state index contributed by atoms with van der Waals surface area (Å²) < 4.78 is 0. The Labute approximate surface area is 159 Å². The molecule has 0 saturated carbocycles. The summed E-state index contributed by atoms with van der Waals surface area (Å²) in [5.74, 6) is 0.112. The maximum absolute atomic E-state index is 13.1. The number of hydrogen-bond acceptors (Lipinski definition) is 3. The molecule has 2 amide bonds. The fraction of sp³-hybridized carbons (Fsp3) is 0.364. The Morgan fingerprint density at radius 2 is 2.07 bits per heavy atom. The molecule has 4 rings (SSSR count). The molecule has 5 heteroatoms. The van der Waals surface area contributed by atoms with Crippen LogP contribution >= 0.6 is 0 Å². The van der Waals surface area contributed by atoms with Gasteiger partial charge in [-0.05, 0) is 48.6 Å². The summed E-state index contributed by atoms with van der Waals surface area (Å²) in [4.78, 5) is 26.7. The Balaban J connectivity index is 1.47. The molecule has 0 unspecified atom stereocenters. The molecule has 1 saturated heterocycles. The van der Waals surface area contributed by atoms with E-state index in [9.17, 15) is 9.59 Å². The van der Waals surface area contributed by atoms with Crippen molar-refractivity contribution in [1.29, 1.82) is 0 Å². The molecule has 1 fully saturated rings. The molecule has 0 radical (unpaired) electrons. The van der Waals surface area contributed by atoms with Crippen LogP contribution in [0.5, 0.6) is 0 Å². The zero-order valence-corrected chi connectivity index (χ0v) is 15.6. The first-order chi connectivity index (χ1) is 13.0. The van der Waals surface area contributed by atoms with E-state index in [1.54, 1.807) is 0 Å². The summed E-state index contributed by atoms with van der Waals surface area (Å²) in [6.07, 6.45) is 1.78. The normalized spacial score (nSPS) is 22.2. The SMILES string of the molecule is C[C@@]1(C(=O)Nc2cccc(CN3CCNC(=O)C3)c2)CCc2ccccc21. The van der Waals surface area contributed by atoms with Crippen molar-refractivity contribution in [2.75, 3.05) is 25.0 Å². The number of benzene rings is 2. The van der Waals surface area contributed by atoms with Crippen LogP contribution in [0.1, 0.15) is 30.0 Å². The van der Waals surface area contributed by atoms with Crippen LogP contribution in [0, 0.1) is 0 Å². The number of anilines is 1. The lowest BCUT2D eigenvalue weighted by atomic mass is 9.83. The highest BCUT2D eigenvalue weighted by molar-refractivity contribution is 5.99. The van der Waals surface area contributed by atoms with Crippen molar-refractivity contribution in [3.63, 3.8) is 0 Å². The van der Waals surface area contributed by atoms with E-state index in [1.807, 2.05) is 43.3 Å². The zero-order chi connectivity index (χ0) is 18.9. The average molecular weight is 363 g/mol. The number of aryl methyl sites for hydroxylation is 1. The van der Waals surface area contributed by atoms with Gasteiger partial charge < -0.3 is 10.6 Å². The summed E-state index contributed by atoms with van der Waals surface area (Å²) in [7, 11) is 0. The molecule has 0 spiro atoms. The number of fused-ring (bicyclic) bond motifs is 1. The molecule has 0 aromatic heterocycles. The molecule has 2 aromatic rings.